The lowest BCUT2D eigenvalue weighted by molar-refractivity contribution is -0.137. The van der Waals surface area contributed by atoms with Crippen LogP contribution < -0.4 is 0 Å². The molecule has 0 saturated carbocycles. The molecule has 1 aromatic carbocycles. The predicted octanol–water partition coefficient (Wildman–Crippen LogP) is 2.18. The highest BCUT2D eigenvalue weighted by Gasteiger charge is 2.21. The molecule has 0 spiro atoms. The Morgan fingerprint density at radius 2 is 1.90 bits per heavy atom. The van der Waals surface area contributed by atoms with Gasteiger partial charge in [-0.3, -0.25) is 9.78 Å². The van der Waals surface area contributed by atoms with Gasteiger partial charge in [0.2, 0.25) is 0 Å². The third-order valence-corrected chi connectivity index (χ3v) is 3.14. The first kappa shape index (κ1) is 15.0. The Bertz CT molecular complexity index is 695. The van der Waals surface area contributed by atoms with E-state index in [0.29, 0.717) is 5.56 Å². The van der Waals surface area contributed by atoms with E-state index in [2.05, 4.69) is 4.98 Å². The van der Waals surface area contributed by atoms with Gasteiger partial charge in [-0.25, -0.2) is 4.79 Å². The van der Waals surface area contributed by atoms with E-state index in [1.807, 2.05) is 31.2 Å². The van der Waals surface area contributed by atoms with Gasteiger partial charge in [0, 0.05) is 25.2 Å². The van der Waals surface area contributed by atoms with Crippen LogP contribution in [0.2, 0.25) is 0 Å². The lowest BCUT2D eigenvalue weighted by Crippen LogP contribution is -2.35. The number of nitrogens with zero attached hydrogens (tertiary/aromatic N) is 2. The number of pyridine rings is 1. The van der Waals surface area contributed by atoms with Crippen molar-refractivity contribution in [3.63, 3.8) is 0 Å². The number of benzene rings is 1. The van der Waals surface area contributed by atoms with Gasteiger partial charge in [-0.1, -0.05) is 18.2 Å². The van der Waals surface area contributed by atoms with Gasteiger partial charge in [-0.05, 0) is 26.0 Å². The van der Waals surface area contributed by atoms with Crippen molar-refractivity contribution in [3.8, 4) is 0 Å². The molecule has 21 heavy (non-hydrogen) atoms. The monoisotopic (exact) mass is 286 g/mol. The number of amides is 1. The van der Waals surface area contributed by atoms with Gasteiger partial charge < -0.3 is 9.64 Å². The third kappa shape index (κ3) is 3.18. The number of hydrogen-bond acceptors (Lipinski definition) is 4. The van der Waals surface area contributed by atoms with E-state index >= 15 is 0 Å². The molecule has 0 N–H and O–H groups in total. The highest BCUT2D eigenvalue weighted by atomic mass is 16.5. The maximum atomic E-state index is 12.3. The van der Waals surface area contributed by atoms with Crippen LogP contribution in [0.1, 0.15) is 23.0 Å². The van der Waals surface area contributed by atoms with Crippen molar-refractivity contribution >= 4 is 22.8 Å². The Balaban J connectivity index is 2.34. The van der Waals surface area contributed by atoms with Gasteiger partial charge >= 0.3 is 5.97 Å². The predicted molar refractivity (Wildman–Crippen MR) is 80.1 cm³/mol. The van der Waals surface area contributed by atoms with Gasteiger partial charge in [0.05, 0.1) is 11.1 Å². The maximum absolute atomic E-state index is 12.3. The summed E-state index contributed by atoms with van der Waals surface area (Å²) in [4.78, 5) is 29.9. The van der Waals surface area contributed by atoms with Crippen LogP contribution in [0, 0.1) is 6.92 Å². The fraction of sp³-hybridized carbons (Fsp3) is 0.312. The van der Waals surface area contributed by atoms with Crippen molar-refractivity contribution in [1.29, 1.82) is 0 Å². The second-order valence-corrected chi connectivity index (χ2v) is 5.11. The van der Waals surface area contributed by atoms with Crippen molar-refractivity contribution in [2.75, 3.05) is 14.1 Å². The number of carbonyl (C=O) groups is 2. The van der Waals surface area contributed by atoms with Crippen LogP contribution in [-0.4, -0.2) is 42.0 Å². The average Bonchev–Trinajstić information content (AvgIpc) is 2.45. The van der Waals surface area contributed by atoms with Crippen molar-refractivity contribution in [2.45, 2.75) is 20.0 Å². The van der Waals surface area contributed by atoms with Crippen molar-refractivity contribution < 1.29 is 14.3 Å². The summed E-state index contributed by atoms with van der Waals surface area (Å²) in [5.41, 5.74) is 1.89. The highest BCUT2D eigenvalue weighted by molar-refractivity contribution is 6.04. The van der Waals surface area contributed by atoms with E-state index < -0.39 is 12.1 Å². The molecule has 0 saturated heterocycles. The zero-order valence-corrected chi connectivity index (χ0v) is 12.6. The first-order valence-electron chi connectivity index (χ1n) is 6.68. The number of esters is 1. The molecule has 0 unspecified atom stereocenters. The lowest BCUT2D eigenvalue weighted by atomic mass is 10.1. The van der Waals surface area contributed by atoms with Crippen LogP contribution >= 0.6 is 0 Å². The Morgan fingerprint density at radius 3 is 2.57 bits per heavy atom. The maximum Gasteiger partial charge on any atom is 0.339 e. The summed E-state index contributed by atoms with van der Waals surface area (Å²) in [6, 6.07) is 9.04. The molecule has 5 nitrogen and oxygen atoms in total. The Labute approximate surface area is 123 Å². The molecule has 0 aliphatic heterocycles. The lowest BCUT2D eigenvalue weighted by Gasteiger charge is -2.17. The summed E-state index contributed by atoms with van der Waals surface area (Å²) >= 11 is 0. The van der Waals surface area contributed by atoms with Crippen molar-refractivity contribution in [2.24, 2.45) is 0 Å². The smallest absolute Gasteiger partial charge is 0.339 e. The number of carbonyl (C=O) groups excluding carboxylic acids is 2. The van der Waals surface area contributed by atoms with Crippen LogP contribution in [-0.2, 0) is 9.53 Å². The second kappa shape index (κ2) is 5.91. The number of para-hydroxylation sites is 1. The van der Waals surface area contributed by atoms with Crippen LogP contribution in [0.4, 0.5) is 0 Å². The molecule has 0 aliphatic rings. The van der Waals surface area contributed by atoms with E-state index in [-0.39, 0.29) is 5.91 Å². The van der Waals surface area contributed by atoms with Gasteiger partial charge in [0.15, 0.2) is 6.10 Å². The molecule has 0 radical (unpaired) electrons. The van der Waals surface area contributed by atoms with E-state index in [0.717, 1.165) is 16.6 Å². The summed E-state index contributed by atoms with van der Waals surface area (Å²) < 4.78 is 5.26. The summed E-state index contributed by atoms with van der Waals surface area (Å²) in [6.45, 7) is 3.38. The molecule has 1 atom stereocenters. The van der Waals surface area contributed by atoms with Gasteiger partial charge in [0.25, 0.3) is 5.91 Å². The molecular formula is C16H18N2O3. The van der Waals surface area contributed by atoms with Crippen LogP contribution in [0.15, 0.2) is 30.3 Å². The molecule has 1 aromatic heterocycles. The number of likely N-dealkylation sites (N-methyl/N-ethyl adjacent to an activating group) is 1. The summed E-state index contributed by atoms with van der Waals surface area (Å²) in [7, 11) is 3.25. The molecule has 2 rings (SSSR count). The molecule has 1 amide bonds. The number of aryl methyl sites for hydroxylation is 1. The molecule has 2 aromatic rings. The number of hydrogen-bond donors (Lipinski definition) is 0. The van der Waals surface area contributed by atoms with Crippen molar-refractivity contribution in [1.82, 2.24) is 9.88 Å². The fourth-order valence-electron chi connectivity index (χ4n) is 2.11. The average molecular weight is 286 g/mol. The van der Waals surface area contributed by atoms with Crippen LogP contribution in [0.3, 0.4) is 0 Å². The minimum atomic E-state index is -0.820. The molecule has 0 fully saturated rings. The minimum absolute atomic E-state index is 0.251. The van der Waals surface area contributed by atoms with E-state index in [1.165, 1.54) is 4.90 Å². The quantitative estimate of drug-likeness (QED) is 0.811. The molecule has 0 bridgehead atoms. The Kier molecular flexibility index (Phi) is 4.21. The SMILES string of the molecule is Cc1cc(C(=O)O[C@@H](C)C(=O)N(C)C)c2ccccc2n1. The number of ether oxygens (including phenoxy) is 1. The zero-order chi connectivity index (χ0) is 15.6. The molecular weight excluding hydrogens is 268 g/mol. The first-order valence-corrected chi connectivity index (χ1v) is 6.68. The van der Waals surface area contributed by atoms with E-state index in [4.69, 9.17) is 4.74 Å². The van der Waals surface area contributed by atoms with Gasteiger partial charge in [0.1, 0.15) is 0 Å². The highest BCUT2D eigenvalue weighted by Crippen LogP contribution is 2.19. The number of aromatic nitrogens is 1. The van der Waals surface area contributed by atoms with Gasteiger partial charge in [-0.15, -0.1) is 0 Å². The van der Waals surface area contributed by atoms with Crippen molar-refractivity contribution in [3.05, 3.63) is 41.6 Å². The second-order valence-electron chi connectivity index (χ2n) is 5.11. The zero-order valence-electron chi connectivity index (χ0n) is 12.6. The molecule has 1 heterocycles. The topological polar surface area (TPSA) is 59.5 Å². The van der Waals surface area contributed by atoms with Crippen LogP contribution in [0.25, 0.3) is 10.9 Å². The van der Waals surface area contributed by atoms with Crippen LogP contribution in [0.5, 0.6) is 0 Å². The molecule has 110 valence electrons. The Hall–Kier alpha value is -2.43. The van der Waals surface area contributed by atoms with Gasteiger partial charge in [-0.2, -0.15) is 0 Å². The normalized spacial score (nSPS) is 12.0. The number of rotatable bonds is 3. The summed E-state index contributed by atoms with van der Waals surface area (Å²) in [5.74, 6) is -0.766. The summed E-state index contributed by atoms with van der Waals surface area (Å²) in [6.07, 6.45) is -0.820. The number of fused-ring (bicyclic) bond motifs is 1. The third-order valence-electron chi connectivity index (χ3n) is 3.14. The standard InChI is InChI=1S/C16H18N2O3/c1-10-9-13(12-7-5-6-8-14(12)17-10)16(20)21-11(2)15(19)18(3)4/h5-9,11H,1-4H3/t11-/m0/s1. The Morgan fingerprint density at radius 1 is 1.24 bits per heavy atom. The minimum Gasteiger partial charge on any atom is -0.449 e. The van der Waals surface area contributed by atoms with E-state index in [1.54, 1.807) is 27.1 Å². The summed E-state index contributed by atoms with van der Waals surface area (Å²) in [5, 5.41) is 0.720. The molecule has 5 heteroatoms. The largest absolute Gasteiger partial charge is 0.449 e. The fourth-order valence-corrected chi connectivity index (χ4v) is 2.11. The van der Waals surface area contributed by atoms with E-state index in [9.17, 15) is 9.59 Å². The molecule has 0 aliphatic carbocycles. The first-order chi connectivity index (χ1) is 9.90.